The van der Waals surface area contributed by atoms with Crippen LogP contribution in [0.5, 0.6) is 0 Å². The highest BCUT2D eigenvalue weighted by molar-refractivity contribution is 5.57. The van der Waals surface area contributed by atoms with E-state index in [0.29, 0.717) is 0 Å². The molecule has 3 heterocycles. The third-order valence-electron chi connectivity index (χ3n) is 2.23. The molecule has 4 heteroatoms. The van der Waals surface area contributed by atoms with Crippen LogP contribution in [0.3, 0.4) is 0 Å². The summed E-state index contributed by atoms with van der Waals surface area (Å²) in [5.41, 5.74) is 1.81. The zero-order valence-electron chi connectivity index (χ0n) is 7.91. The minimum absolute atomic E-state index is 0.818. The van der Waals surface area contributed by atoms with Crippen molar-refractivity contribution >= 4 is 5.65 Å². The van der Waals surface area contributed by atoms with Gasteiger partial charge in [0.05, 0.1) is 0 Å². The van der Waals surface area contributed by atoms with Gasteiger partial charge in [0.15, 0.2) is 11.5 Å². The molecule has 0 unspecified atom stereocenters. The summed E-state index contributed by atoms with van der Waals surface area (Å²) in [5.74, 6) is 0.818. The van der Waals surface area contributed by atoms with Crippen LogP contribution in [0.25, 0.3) is 17.0 Å². The average Bonchev–Trinajstić information content (AvgIpc) is 2.74. The van der Waals surface area contributed by atoms with Crippen molar-refractivity contribution in [1.82, 2.24) is 19.6 Å². The minimum atomic E-state index is 0.818. The fourth-order valence-electron chi connectivity index (χ4n) is 1.53. The lowest BCUT2D eigenvalue weighted by molar-refractivity contribution is 1.11. The number of aromatic nitrogens is 4. The molecule has 0 aliphatic heterocycles. The first kappa shape index (κ1) is 8.11. The van der Waals surface area contributed by atoms with E-state index in [2.05, 4.69) is 15.2 Å². The largest absolute Gasteiger partial charge is 0.282 e. The Bertz CT molecular complexity index is 586. The van der Waals surface area contributed by atoms with Crippen LogP contribution in [0.1, 0.15) is 0 Å². The molecule has 0 atom stereocenters. The monoisotopic (exact) mass is 196 g/mol. The molecule has 0 amide bonds. The van der Waals surface area contributed by atoms with E-state index in [1.54, 1.807) is 12.4 Å². The number of pyridine rings is 2. The van der Waals surface area contributed by atoms with Crippen molar-refractivity contribution in [3.63, 3.8) is 0 Å². The second kappa shape index (κ2) is 3.16. The molecule has 0 saturated heterocycles. The van der Waals surface area contributed by atoms with Gasteiger partial charge in [-0.25, -0.2) is 0 Å². The highest BCUT2D eigenvalue weighted by Gasteiger charge is 2.05. The van der Waals surface area contributed by atoms with E-state index in [4.69, 9.17) is 0 Å². The molecule has 0 aromatic carbocycles. The first-order valence-electron chi connectivity index (χ1n) is 4.65. The van der Waals surface area contributed by atoms with Crippen molar-refractivity contribution in [2.24, 2.45) is 0 Å². The summed E-state index contributed by atoms with van der Waals surface area (Å²) < 4.78 is 1.94. The summed E-state index contributed by atoms with van der Waals surface area (Å²) in [7, 11) is 0. The van der Waals surface area contributed by atoms with Gasteiger partial charge in [0, 0.05) is 24.2 Å². The Balaban J connectivity index is 2.28. The zero-order chi connectivity index (χ0) is 10.1. The summed E-state index contributed by atoms with van der Waals surface area (Å²) in [4.78, 5) is 4.07. The predicted octanol–water partition coefficient (Wildman–Crippen LogP) is 1.79. The summed E-state index contributed by atoms with van der Waals surface area (Å²) in [5, 5.41) is 8.22. The molecular weight excluding hydrogens is 188 g/mol. The predicted molar refractivity (Wildman–Crippen MR) is 56.2 cm³/mol. The van der Waals surface area contributed by atoms with Crippen LogP contribution < -0.4 is 0 Å². The molecule has 72 valence electrons. The molecule has 0 fully saturated rings. The molecule has 3 rings (SSSR count). The van der Waals surface area contributed by atoms with Crippen molar-refractivity contribution < 1.29 is 0 Å². The lowest BCUT2D eigenvalue weighted by Gasteiger charge is -1.97. The number of hydrogen-bond donors (Lipinski definition) is 0. The second-order valence-corrected chi connectivity index (χ2v) is 3.19. The van der Waals surface area contributed by atoms with E-state index in [1.165, 1.54) is 0 Å². The van der Waals surface area contributed by atoms with Gasteiger partial charge < -0.3 is 0 Å². The summed E-state index contributed by atoms with van der Waals surface area (Å²) >= 11 is 0. The average molecular weight is 196 g/mol. The van der Waals surface area contributed by atoms with Crippen molar-refractivity contribution in [3.8, 4) is 11.4 Å². The molecule has 0 aliphatic rings. The van der Waals surface area contributed by atoms with E-state index in [1.807, 2.05) is 40.9 Å². The fraction of sp³-hybridized carbons (Fsp3) is 0. The maximum Gasteiger partial charge on any atom is 0.169 e. The van der Waals surface area contributed by atoms with Crippen molar-refractivity contribution in [2.75, 3.05) is 0 Å². The quantitative estimate of drug-likeness (QED) is 0.596. The third kappa shape index (κ3) is 1.27. The molecule has 0 N–H and O–H groups in total. The summed E-state index contributed by atoms with van der Waals surface area (Å²) in [6.45, 7) is 0. The van der Waals surface area contributed by atoms with Crippen LogP contribution in [-0.2, 0) is 0 Å². The van der Waals surface area contributed by atoms with Gasteiger partial charge >= 0.3 is 0 Å². The van der Waals surface area contributed by atoms with Crippen LogP contribution in [0.15, 0.2) is 48.9 Å². The van der Waals surface area contributed by atoms with E-state index >= 15 is 0 Å². The van der Waals surface area contributed by atoms with Gasteiger partial charge in [-0.1, -0.05) is 6.07 Å². The van der Waals surface area contributed by atoms with Gasteiger partial charge in [0.2, 0.25) is 0 Å². The van der Waals surface area contributed by atoms with Crippen molar-refractivity contribution in [2.45, 2.75) is 0 Å². The Morgan fingerprint density at radius 3 is 2.87 bits per heavy atom. The molecular formula is C11H8N4. The van der Waals surface area contributed by atoms with Crippen LogP contribution in [-0.4, -0.2) is 19.6 Å². The molecule has 0 bridgehead atoms. The standard InChI is InChI=1S/C11H8N4/c1-2-7-15-10(5-1)13-14-11(15)9-4-3-6-12-8-9/h1-8H. The fourth-order valence-corrected chi connectivity index (χ4v) is 1.53. The maximum atomic E-state index is 4.14. The third-order valence-corrected chi connectivity index (χ3v) is 2.23. The Morgan fingerprint density at radius 1 is 1.00 bits per heavy atom. The Hall–Kier alpha value is -2.23. The van der Waals surface area contributed by atoms with Gasteiger partial charge in [-0.2, -0.15) is 0 Å². The van der Waals surface area contributed by atoms with Crippen LogP contribution >= 0.6 is 0 Å². The van der Waals surface area contributed by atoms with Crippen LogP contribution in [0.2, 0.25) is 0 Å². The summed E-state index contributed by atoms with van der Waals surface area (Å²) in [6.07, 6.45) is 5.47. The first-order chi connectivity index (χ1) is 7.45. The van der Waals surface area contributed by atoms with E-state index < -0.39 is 0 Å². The number of fused-ring (bicyclic) bond motifs is 1. The molecule has 3 aromatic rings. The molecule has 0 aliphatic carbocycles. The highest BCUT2D eigenvalue weighted by Crippen LogP contribution is 2.15. The molecule has 3 aromatic heterocycles. The Labute approximate surface area is 86.2 Å². The molecule has 0 saturated carbocycles. The van der Waals surface area contributed by atoms with E-state index in [9.17, 15) is 0 Å². The van der Waals surface area contributed by atoms with Crippen LogP contribution in [0, 0.1) is 0 Å². The first-order valence-corrected chi connectivity index (χ1v) is 4.65. The molecule has 15 heavy (non-hydrogen) atoms. The lowest BCUT2D eigenvalue weighted by Crippen LogP contribution is -1.88. The smallest absolute Gasteiger partial charge is 0.169 e. The second-order valence-electron chi connectivity index (χ2n) is 3.19. The van der Waals surface area contributed by atoms with Crippen molar-refractivity contribution in [1.29, 1.82) is 0 Å². The van der Waals surface area contributed by atoms with Gasteiger partial charge in [-0.15, -0.1) is 10.2 Å². The van der Waals surface area contributed by atoms with Gasteiger partial charge in [-0.3, -0.25) is 9.38 Å². The normalized spacial score (nSPS) is 10.7. The van der Waals surface area contributed by atoms with Crippen LogP contribution in [0.4, 0.5) is 0 Å². The van der Waals surface area contributed by atoms with Gasteiger partial charge in [-0.05, 0) is 24.3 Å². The number of hydrogen-bond acceptors (Lipinski definition) is 3. The topological polar surface area (TPSA) is 43.1 Å². The van der Waals surface area contributed by atoms with E-state index in [0.717, 1.165) is 17.0 Å². The van der Waals surface area contributed by atoms with E-state index in [-0.39, 0.29) is 0 Å². The number of nitrogens with zero attached hydrogens (tertiary/aromatic N) is 4. The molecule has 0 radical (unpaired) electrons. The van der Waals surface area contributed by atoms with Gasteiger partial charge in [0.1, 0.15) is 0 Å². The highest BCUT2D eigenvalue weighted by atomic mass is 15.2. The van der Waals surface area contributed by atoms with Crippen molar-refractivity contribution in [3.05, 3.63) is 48.9 Å². The Kier molecular flexibility index (Phi) is 1.71. The molecule has 0 spiro atoms. The summed E-state index contributed by atoms with van der Waals surface area (Å²) in [6, 6.07) is 9.68. The zero-order valence-corrected chi connectivity index (χ0v) is 7.91. The SMILES string of the molecule is c1cncc(-c2nnc3ccccn23)c1. The Morgan fingerprint density at radius 2 is 2.00 bits per heavy atom. The molecule has 4 nitrogen and oxygen atoms in total. The maximum absolute atomic E-state index is 4.14. The van der Waals surface area contributed by atoms with Gasteiger partial charge in [0.25, 0.3) is 0 Å². The number of rotatable bonds is 1. The minimum Gasteiger partial charge on any atom is -0.282 e. The lowest BCUT2D eigenvalue weighted by atomic mass is 10.3.